The van der Waals surface area contributed by atoms with E-state index in [0.29, 0.717) is 16.0 Å². The van der Waals surface area contributed by atoms with Gasteiger partial charge in [0.15, 0.2) is 11.5 Å². The van der Waals surface area contributed by atoms with Gasteiger partial charge in [-0.15, -0.1) is 0 Å². The molecule has 0 unspecified atom stereocenters. The monoisotopic (exact) mass is 409 g/mol. The number of carbonyl (C=O) groups is 1. The van der Waals surface area contributed by atoms with Gasteiger partial charge in [0.25, 0.3) is 5.69 Å². The zero-order chi connectivity index (χ0) is 18.6. The average molecular weight is 410 g/mol. The smallest absolute Gasteiger partial charge is 0.338 e. The molecule has 0 saturated carbocycles. The number of hydrogen-bond acceptors (Lipinski definition) is 6. The maximum atomic E-state index is 12.2. The van der Waals surface area contributed by atoms with Gasteiger partial charge >= 0.3 is 5.97 Å². The van der Waals surface area contributed by atoms with E-state index < -0.39 is 10.9 Å². The van der Waals surface area contributed by atoms with Crippen molar-refractivity contribution in [3.63, 3.8) is 0 Å². The van der Waals surface area contributed by atoms with Gasteiger partial charge in [-0.1, -0.05) is 0 Å². The van der Waals surface area contributed by atoms with Crippen molar-refractivity contribution in [2.75, 3.05) is 14.2 Å². The number of aryl methyl sites for hydroxylation is 1. The topological polar surface area (TPSA) is 87.9 Å². The van der Waals surface area contributed by atoms with Crippen LogP contribution in [0.25, 0.3) is 0 Å². The van der Waals surface area contributed by atoms with Crippen LogP contribution in [0.15, 0.2) is 34.8 Å². The van der Waals surface area contributed by atoms with Gasteiger partial charge in [0, 0.05) is 6.07 Å². The predicted octanol–water partition coefficient (Wildman–Crippen LogP) is 4.04. The number of nitrogens with zero attached hydrogens (tertiary/aromatic N) is 1. The van der Waals surface area contributed by atoms with E-state index in [2.05, 4.69) is 15.9 Å². The molecule has 0 aromatic heterocycles. The predicted molar refractivity (Wildman–Crippen MR) is 94.2 cm³/mol. The third-order valence-corrected chi connectivity index (χ3v) is 4.25. The first-order valence-electron chi connectivity index (χ1n) is 7.20. The van der Waals surface area contributed by atoms with E-state index in [1.165, 1.54) is 32.4 Å². The van der Waals surface area contributed by atoms with Crippen molar-refractivity contribution in [3.8, 4) is 11.5 Å². The molecule has 0 saturated heterocycles. The summed E-state index contributed by atoms with van der Waals surface area (Å²) in [7, 11) is 3.06. The van der Waals surface area contributed by atoms with Crippen LogP contribution >= 0.6 is 15.9 Å². The molecular formula is C17H16BrNO6. The largest absolute Gasteiger partial charge is 0.493 e. The molecule has 0 aliphatic rings. The summed E-state index contributed by atoms with van der Waals surface area (Å²) < 4.78 is 16.0. The molecule has 25 heavy (non-hydrogen) atoms. The molecule has 0 radical (unpaired) electrons. The molecule has 132 valence electrons. The molecule has 0 bridgehead atoms. The molecule has 8 heteroatoms. The number of nitro groups is 1. The van der Waals surface area contributed by atoms with Gasteiger partial charge in [-0.25, -0.2) is 4.79 Å². The Morgan fingerprint density at radius 1 is 1.16 bits per heavy atom. The number of methoxy groups -OCH3 is 2. The van der Waals surface area contributed by atoms with Gasteiger partial charge in [0.05, 0.1) is 29.2 Å². The summed E-state index contributed by atoms with van der Waals surface area (Å²) in [5.41, 5.74) is 1.52. The van der Waals surface area contributed by atoms with Crippen LogP contribution in [-0.4, -0.2) is 25.1 Å². The highest BCUT2D eigenvalue weighted by atomic mass is 79.9. The van der Waals surface area contributed by atoms with Gasteiger partial charge in [0.1, 0.15) is 6.61 Å². The molecule has 0 amide bonds. The number of hydrogen-bond donors (Lipinski definition) is 0. The third kappa shape index (κ3) is 4.27. The van der Waals surface area contributed by atoms with Crippen molar-refractivity contribution in [2.24, 2.45) is 0 Å². The molecule has 0 heterocycles. The van der Waals surface area contributed by atoms with Gasteiger partial charge < -0.3 is 14.2 Å². The second-order valence-corrected chi connectivity index (χ2v) is 5.99. The van der Waals surface area contributed by atoms with Crippen molar-refractivity contribution in [1.29, 1.82) is 0 Å². The van der Waals surface area contributed by atoms with Crippen LogP contribution in [0.4, 0.5) is 5.69 Å². The lowest BCUT2D eigenvalue weighted by molar-refractivity contribution is -0.385. The molecule has 2 aromatic rings. The molecule has 0 spiro atoms. The normalized spacial score (nSPS) is 10.2. The molecular weight excluding hydrogens is 394 g/mol. The van der Waals surface area contributed by atoms with Gasteiger partial charge in [-0.05, 0) is 58.2 Å². The van der Waals surface area contributed by atoms with Gasteiger partial charge in [-0.3, -0.25) is 10.1 Å². The fraction of sp³-hybridized carbons (Fsp3) is 0.235. The number of rotatable bonds is 6. The Morgan fingerprint density at radius 3 is 2.40 bits per heavy atom. The number of carbonyl (C=O) groups excluding carboxylic acids is 1. The number of ether oxygens (including phenoxy) is 3. The third-order valence-electron chi connectivity index (χ3n) is 3.58. The summed E-state index contributed by atoms with van der Waals surface area (Å²) in [6, 6.07) is 7.59. The second-order valence-electron chi connectivity index (χ2n) is 5.13. The molecule has 0 atom stereocenters. The summed E-state index contributed by atoms with van der Waals surface area (Å²) in [5.74, 6) is 0.460. The maximum absolute atomic E-state index is 12.2. The highest BCUT2D eigenvalue weighted by molar-refractivity contribution is 9.10. The van der Waals surface area contributed by atoms with Crippen molar-refractivity contribution >= 4 is 27.6 Å². The van der Waals surface area contributed by atoms with Crippen molar-refractivity contribution < 1.29 is 23.9 Å². The summed E-state index contributed by atoms with van der Waals surface area (Å²) >= 11 is 3.08. The first-order valence-corrected chi connectivity index (χ1v) is 7.99. The highest BCUT2D eigenvalue weighted by Crippen LogP contribution is 2.31. The fourth-order valence-corrected chi connectivity index (χ4v) is 2.58. The van der Waals surface area contributed by atoms with E-state index in [-0.39, 0.29) is 17.9 Å². The molecule has 0 aliphatic heterocycles. The first-order chi connectivity index (χ1) is 11.9. The van der Waals surface area contributed by atoms with E-state index in [4.69, 9.17) is 14.2 Å². The summed E-state index contributed by atoms with van der Waals surface area (Å²) in [6.07, 6.45) is 0. The van der Waals surface area contributed by atoms with Gasteiger partial charge in [0.2, 0.25) is 0 Å². The SMILES string of the molecule is COc1cc(C)c(COC(=O)c2ccc(Br)c([N+](=O)[O-])c2)cc1OC. The lowest BCUT2D eigenvalue weighted by Gasteiger charge is -2.13. The number of nitro benzene ring substituents is 1. The van der Waals surface area contributed by atoms with Crippen molar-refractivity contribution in [1.82, 2.24) is 0 Å². The molecule has 7 nitrogen and oxygen atoms in total. The van der Waals surface area contributed by atoms with Crippen LogP contribution in [-0.2, 0) is 11.3 Å². The number of halogens is 1. The Bertz CT molecular complexity index is 821. The Kier molecular flexibility index (Phi) is 5.97. The van der Waals surface area contributed by atoms with Crippen LogP contribution in [0.5, 0.6) is 11.5 Å². The Hall–Kier alpha value is -2.61. The van der Waals surface area contributed by atoms with Crippen LogP contribution in [0.3, 0.4) is 0 Å². The van der Waals surface area contributed by atoms with Crippen LogP contribution in [0, 0.1) is 17.0 Å². The lowest BCUT2D eigenvalue weighted by atomic mass is 10.1. The molecule has 0 N–H and O–H groups in total. The Balaban J connectivity index is 2.18. The minimum Gasteiger partial charge on any atom is -0.493 e. The summed E-state index contributed by atoms with van der Waals surface area (Å²) in [5, 5.41) is 10.9. The van der Waals surface area contributed by atoms with Crippen LogP contribution < -0.4 is 9.47 Å². The minimum absolute atomic E-state index is 0.00881. The quantitative estimate of drug-likeness (QED) is 0.406. The lowest BCUT2D eigenvalue weighted by Crippen LogP contribution is -2.07. The average Bonchev–Trinajstić information content (AvgIpc) is 2.60. The molecule has 2 aromatic carbocycles. The van der Waals surface area contributed by atoms with E-state index >= 15 is 0 Å². The zero-order valence-electron chi connectivity index (χ0n) is 13.9. The van der Waals surface area contributed by atoms with E-state index in [0.717, 1.165) is 11.1 Å². The maximum Gasteiger partial charge on any atom is 0.338 e. The van der Waals surface area contributed by atoms with Crippen molar-refractivity contribution in [2.45, 2.75) is 13.5 Å². The molecule has 0 fully saturated rings. The Morgan fingerprint density at radius 2 is 1.80 bits per heavy atom. The Labute approximate surface area is 152 Å². The first kappa shape index (κ1) is 18.7. The number of esters is 1. The molecule has 0 aliphatic carbocycles. The van der Waals surface area contributed by atoms with Crippen LogP contribution in [0.2, 0.25) is 0 Å². The van der Waals surface area contributed by atoms with Gasteiger partial charge in [-0.2, -0.15) is 0 Å². The van der Waals surface area contributed by atoms with E-state index in [9.17, 15) is 14.9 Å². The van der Waals surface area contributed by atoms with E-state index in [1.807, 2.05) is 6.92 Å². The van der Waals surface area contributed by atoms with E-state index in [1.54, 1.807) is 12.1 Å². The second kappa shape index (κ2) is 7.98. The van der Waals surface area contributed by atoms with Crippen molar-refractivity contribution in [3.05, 3.63) is 61.6 Å². The fourth-order valence-electron chi connectivity index (χ4n) is 2.18. The zero-order valence-corrected chi connectivity index (χ0v) is 15.5. The minimum atomic E-state index is -0.648. The summed E-state index contributed by atoms with van der Waals surface area (Å²) in [4.78, 5) is 22.6. The van der Waals surface area contributed by atoms with Crippen LogP contribution in [0.1, 0.15) is 21.5 Å². The molecule has 2 rings (SSSR count). The number of benzene rings is 2. The summed E-state index contributed by atoms with van der Waals surface area (Å²) in [6.45, 7) is 1.87. The highest BCUT2D eigenvalue weighted by Gasteiger charge is 2.17. The standard InChI is InChI=1S/C17H16BrNO6/c1-10-6-15(23-2)16(24-3)8-12(10)9-25-17(20)11-4-5-13(18)14(7-11)19(21)22/h4-8H,9H2,1-3H3.